The molecule has 2 aromatic rings. The smallest absolute Gasteiger partial charge is 0.248 e. The average Bonchev–Trinajstić information content (AvgIpc) is 2.60. The molecule has 5 nitrogen and oxygen atoms in total. The van der Waals surface area contributed by atoms with Gasteiger partial charge in [0.2, 0.25) is 15.9 Å². The maximum Gasteiger partial charge on any atom is 0.248 e. The number of halogens is 1. The van der Waals surface area contributed by atoms with Gasteiger partial charge in [-0.15, -0.1) is 0 Å². The summed E-state index contributed by atoms with van der Waals surface area (Å²) < 4.78 is 38.9. The number of sulfonamides is 1. The lowest BCUT2D eigenvalue weighted by molar-refractivity contribution is -0.117. The first kappa shape index (κ1) is 19.9. The number of aryl methyl sites for hydroxylation is 1. The number of carbonyl (C=O) groups is 1. The van der Waals surface area contributed by atoms with Gasteiger partial charge in [0, 0.05) is 5.69 Å². The van der Waals surface area contributed by atoms with Crippen molar-refractivity contribution in [3.63, 3.8) is 0 Å². The summed E-state index contributed by atoms with van der Waals surface area (Å²) in [5.74, 6) is -0.903. The summed E-state index contributed by atoms with van der Waals surface area (Å²) in [5.41, 5.74) is 1.87. The molecule has 0 aliphatic rings. The van der Waals surface area contributed by atoms with Gasteiger partial charge >= 0.3 is 0 Å². The summed E-state index contributed by atoms with van der Waals surface area (Å²) in [5, 5.41) is 2.83. The van der Waals surface area contributed by atoms with Crippen LogP contribution >= 0.6 is 0 Å². The van der Waals surface area contributed by atoms with Crippen molar-refractivity contribution >= 4 is 27.3 Å². The summed E-state index contributed by atoms with van der Waals surface area (Å²) in [6, 6.07) is 11.5. The number of anilines is 2. The molecular formula is C19H23FN2O3S. The summed E-state index contributed by atoms with van der Waals surface area (Å²) >= 11 is 0. The van der Waals surface area contributed by atoms with Crippen LogP contribution in [0.5, 0.6) is 0 Å². The standard InChI is InChI=1S/C19H23FN2O3S/c1-4-14-8-6-7-9-17(14)21-19(23)18(5-2)22(26(3,24)25)16-12-10-15(20)11-13-16/h6-13,18H,4-5H2,1-3H3,(H,21,23). The molecule has 2 aromatic carbocycles. The Morgan fingerprint density at radius 1 is 1.12 bits per heavy atom. The lowest BCUT2D eigenvalue weighted by Gasteiger charge is -2.30. The Bertz CT molecular complexity index is 867. The Hall–Kier alpha value is -2.41. The van der Waals surface area contributed by atoms with E-state index in [-0.39, 0.29) is 12.1 Å². The van der Waals surface area contributed by atoms with E-state index in [0.717, 1.165) is 22.5 Å². The molecule has 0 aromatic heterocycles. The zero-order valence-corrected chi connectivity index (χ0v) is 15.9. The number of para-hydroxylation sites is 1. The third-order valence-electron chi connectivity index (χ3n) is 4.07. The molecule has 0 saturated carbocycles. The van der Waals surface area contributed by atoms with E-state index in [4.69, 9.17) is 0 Å². The minimum atomic E-state index is -3.75. The van der Waals surface area contributed by atoms with Crippen LogP contribution < -0.4 is 9.62 Å². The highest BCUT2D eigenvalue weighted by Crippen LogP contribution is 2.24. The summed E-state index contributed by atoms with van der Waals surface area (Å²) in [6.07, 6.45) is 2.04. The van der Waals surface area contributed by atoms with Crippen molar-refractivity contribution < 1.29 is 17.6 Å². The number of amides is 1. The Morgan fingerprint density at radius 3 is 2.27 bits per heavy atom. The Labute approximate surface area is 153 Å². The lowest BCUT2D eigenvalue weighted by Crippen LogP contribution is -2.47. The number of benzene rings is 2. The van der Waals surface area contributed by atoms with Gasteiger partial charge in [0.25, 0.3) is 0 Å². The number of rotatable bonds is 7. The number of hydrogen-bond donors (Lipinski definition) is 1. The molecule has 1 unspecified atom stereocenters. The van der Waals surface area contributed by atoms with Crippen LogP contribution in [-0.2, 0) is 21.2 Å². The molecule has 140 valence electrons. The predicted molar refractivity (Wildman–Crippen MR) is 102 cm³/mol. The molecule has 7 heteroatoms. The van der Waals surface area contributed by atoms with E-state index in [9.17, 15) is 17.6 Å². The second-order valence-electron chi connectivity index (χ2n) is 5.96. The SMILES string of the molecule is CCc1ccccc1NC(=O)C(CC)N(c1ccc(F)cc1)S(C)(=O)=O. The van der Waals surface area contributed by atoms with E-state index < -0.39 is 27.8 Å². The van der Waals surface area contributed by atoms with Crippen LogP contribution in [0, 0.1) is 5.82 Å². The fourth-order valence-corrected chi connectivity index (χ4v) is 4.03. The van der Waals surface area contributed by atoms with Gasteiger partial charge in [-0.3, -0.25) is 9.10 Å². The van der Waals surface area contributed by atoms with Gasteiger partial charge < -0.3 is 5.32 Å². The Kier molecular flexibility index (Phi) is 6.37. The van der Waals surface area contributed by atoms with Crippen molar-refractivity contribution in [2.75, 3.05) is 15.9 Å². The van der Waals surface area contributed by atoms with Gasteiger partial charge in [-0.25, -0.2) is 12.8 Å². The van der Waals surface area contributed by atoms with E-state index in [0.29, 0.717) is 5.69 Å². The topological polar surface area (TPSA) is 66.5 Å². The van der Waals surface area contributed by atoms with Crippen molar-refractivity contribution in [1.29, 1.82) is 0 Å². The number of nitrogens with one attached hydrogen (secondary N) is 1. The van der Waals surface area contributed by atoms with Crippen LogP contribution in [0.3, 0.4) is 0 Å². The van der Waals surface area contributed by atoms with E-state index >= 15 is 0 Å². The predicted octanol–water partition coefficient (Wildman–Crippen LogP) is 3.57. The molecule has 1 atom stereocenters. The van der Waals surface area contributed by atoms with Crippen molar-refractivity contribution in [3.8, 4) is 0 Å². The molecule has 0 aliphatic carbocycles. The number of hydrogen-bond acceptors (Lipinski definition) is 3. The van der Waals surface area contributed by atoms with E-state index in [2.05, 4.69) is 5.32 Å². The first-order valence-electron chi connectivity index (χ1n) is 8.41. The van der Waals surface area contributed by atoms with E-state index in [1.807, 2.05) is 25.1 Å². The molecular weight excluding hydrogens is 355 g/mol. The molecule has 0 bridgehead atoms. The van der Waals surface area contributed by atoms with E-state index in [1.165, 1.54) is 24.3 Å². The molecule has 0 heterocycles. The maximum atomic E-state index is 13.2. The highest BCUT2D eigenvalue weighted by atomic mass is 32.2. The van der Waals surface area contributed by atoms with Gasteiger partial charge in [-0.1, -0.05) is 32.0 Å². The highest BCUT2D eigenvalue weighted by Gasteiger charge is 2.31. The maximum absolute atomic E-state index is 13.2. The first-order chi connectivity index (χ1) is 12.3. The summed E-state index contributed by atoms with van der Waals surface area (Å²) in [4.78, 5) is 12.8. The van der Waals surface area contributed by atoms with Crippen molar-refractivity contribution in [2.45, 2.75) is 32.7 Å². The molecule has 0 radical (unpaired) electrons. The third kappa shape index (κ3) is 4.60. The summed E-state index contributed by atoms with van der Waals surface area (Å²) in [7, 11) is -3.75. The minimum Gasteiger partial charge on any atom is -0.324 e. The molecule has 2 rings (SSSR count). The molecule has 0 aliphatic heterocycles. The van der Waals surface area contributed by atoms with Crippen molar-refractivity contribution in [2.24, 2.45) is 0 Å². The van der Waals surface area contributed by atoms with Gasteiger partial charge in [-0.2, -0.15) is 0 Å². The van der Waals surface area contributed by atoms with Crippen LogP contribution in [0.15, 0.2) is 48.5 Å². The minimum absolute atomic E-state index is 0.250. The normalized spacial score (nSPS) is 12.5. The number of carbonyl (C=O) groups excluding carboxylic acids is 1. The van der Waals surface area contributed by atoms with E-state index in [1.54, 1.807) is 13.0 Å². The Balaban J connectivity index is 2.38. The molecule has 0 spiro atoms. The second-order valence-corrected chi connectivity index (χ2v) is 7.82. The fourth-order valence-electron chi connectivity index (χ4n) is 2.81. The van der Waals surface area contributed by atoms with Gasteiger partial charge in [0.15, 0.2) is 0 Å². The molecule has 0 fully saturated rings. The molecule has 26 heavy (non-hydrogen) atoms. The zero-order chi connectivity index (χ0) is 19.3. The van der Waals surface area contributed by atoms with Crippen LogP contribution in [0.2, 0.25) is 0 Å². The molecule has 0 saturated heterocycles. The first-order valence-corrected chi connectivity index (χ1v) is 10.3. The quantitative estimate of drug-likeness (QED) is 0.801. The molecule has 1 N–H and O–H groups in total. The third-order valence-corrected chi connectivity index (χ3v) is 5.25. The van der Waals surface area contributed by atoms with Crippen LogP contribution in [0.25, 0.3) is 0 Å². The fraction of sp³-hybridized carbons (Fsp3) is 0.316. The van der Waals surface area contributed by atoms with Gasteiger partial charge in [0.05, 0.1) is 11.9 Å². The Morgan fingerprint density at radius 2 is 1.73 bits per heavy atom. The van der Waals surface area contributed by atoms with Gasteiger partial charge in [0.1, 0.15) is 11.9 Å². The van der Waals surface area contributed by atoms with Crippen LogP contribution in [0.1, 0.15) is 25.8 Å². The average molecular weight is 378 g/mol. The highest BCUT2D eigenvalue weighted by molar-refractivity contribution is 7.92. The largest absolute Gasteiger partial charge is 0.324 e. The lowest BCUT2D eigenvalue weighted by atomic mass is 10.1. The van der Waals surface area contributed by atoms with Crippen molar-refractivity contribution in [3.05, 3.63) is 59.9 Å². The number of nitrogens with zero attached hydrogens (tertiary/aromatic N) is 1. The monoisotopic (exact) mass is 378 g/mol. The molecule has 1 amide bonds. The zero-order valence-electron chi connectivity index (χ0n) is 15.1. The summed E-state index contributed by atoms with van der Waals surface area (Å²) in [6.45, 7) is 3.71. The van der Waals surface area contributed by atoms with Crippen LogP contribution in [-0.4, -0.2) is 26.6 Å². The second kappa shape index (κ2) is 8.31. The van der Waals surface area contributed by atoms with Crippen molar-refractivity contribution in [1.82, 2.24) is 0 Å². The van der Waals surface area contributed by atoms with Crippen LogP contribution in [0.4, 0.5) is 15.8 Å². The van der Waals surface area contributed by atoms with Gasteiger partial charge in [-0.05, 0) is 48.7 Å².